The number of nitrogens with one attached hydrogen (secondary N) is 2. The van der Waals surface area contributed by atoms with Crippen LogP contribution in [0, 0.1) is 24.0 Å². The summed E-state index contributed by atoms with van der Waals surface area (Å²) in [5, 5.41) is 15.8. The smallest absolute Gasteiger partial charge is 0.306 e. The number of nitro benzene ring substituents is 1. The van der Waals surface area contributed by atoms with E-state index in [1.807, 2.05) is 19.9 Å². The topological polar surface area (TPSA) is 128 Å². The largest absolute Gasteiger partial charge is 0.456 e. The van der Waals surface area contributed by atoms with Gasteiger partial charge in [-0.05, 0) is 43.2 Å². The molecule has 0 aliphatic heterocycles. The number of amides is 2. The molecule has 0 fully saturated rings. The second-order valence-electron chi connectivity index (χ2n) is 6.44. The minimum absolute atomic E-state index is 0.156. The van der Waals surface area contributed by atoms with Gasteiger partial charge in [-0.3, -0.25) is 24.5 Å². The van der Waals surface area contributed by atoms with Crippen molar-refractivity contribution in [2.24, 2.45) is 0 Å². The molecule has 0 heterocycles. The standard InChI is InChI=1S/C20H21N3O6/c1-13-8-14(2)10-16(9-13)22-19(25)12-29-20(26)7-6-18(24)21-15-4-3-5-17(11-15)23(27)28/h3-5,8-11H,6-7,12H2,1-2H3,(H,21,24)(H,22,25). The van der Waals surface area contributed by atoms with E-state index in [1.54, 1.807) is 12.1 Å². The molecule has 29 heavy (non-hydrogen) atoms. The maximum Gasteiger partial charge on any atom is 0.306 e. The summed E-state index contributed by atoms with van der Waals surface area (Å²) in [6.45, 7) is 3.35. The molecular formula is C20H21N3O6. The Kier molecular flexibility index (Phi) is 7.41. The van der Waals surface area contributed by atoms with Crippen LogP contribution in [0.15, 0.2) is 42.5 Å². The van der Waals surface area contributed by atoms with Gasteiger partial charge in [-0.15, -0.1) is 0 Å². The number of benzene rings is 2. The summed E-state index contributed by atoms with van der Waals surface area (Å²) in [7, 11) is 0. The Bertz CT molecular complexity index is 921. The molecule has 2 N–H and O–H groups in total. The summed E-state index contributed by atoms with van der Waals surface area (Å²) >= 11 is 0. The van der Waals surface area contributed by atoms with Crippen molar-refractivity contribution in [1.82, 2.24) is 0 Å². The zero-order valence-electron chi connectivity index (χ0n) is 16.1. The van der Waals surface area contributed by atoms with Crippen molar-refractivity contribution in [3.63, 3.8) is 0 Å². The van der Waals surface area contributed by atoms with Crippen LogP contribution in [0.3, 0.4) is 0 Å². The second-order valence-corrected chi connectivity index (χ2v) is 6.44. The third kappa shape index (κ3) is 7.41. The fourth-order valence-electron chi connectivity index (χ4n) is 2.60. The van der Waals surface area contributed by atoms with Crippen LogP contribution < -0.4 is 10.6 Å². The Morgan fingerprint density at radius 1 is 0.931 bits per heavy atom. The number of ether oxygens (including phenoxy) is 1. The van der Waals surface area contributed by atoms with E-state index in [0.29, 0.717) is 5.69 Å². The monoisotopic (exact) mass is 399 g/mol. The first-order valence-corrected chi connectivity index (χ1v) is 8.81. The van der Waals surface area contributed by atoms with Crippen LogP contribution in [-0.2, 0) is 19.1 Å². The van der Waals surface area contributed by atoms with E-state index in [9.17, 15) is 24.5 Å². The van der Waals surface area contributed by atoms with E-state index < -0.39 is 29.3 Å². The molecule has 9 nitrogen and oxygen atoms in total. The zero-order valence-corrected chi connectivity index (χ0v) is 16.1. The van der Waals surface area contributed by atoms with Gasteiger partial charge in [0.25, 0.3) is 11.6 Å². The lowest BCUT2D eigenvalue weighted by Crippen LogP contribution is -2.22. The van der Waals surface area contributed by atoms with Crippen LogP contribution in [0.25, 0.3) is 0 Å². The molecule has 0 unspecified atom stereocenters. The van der Waals surface area contributed by atoms with Crippen LogP contribution in [0.2, 0.25) is 0 Å². The van der Waals surface area contributed by atoms with E-state index in [2.05, 4.69) is 10.6 Å². The first-order valence-electron chi connectivity index (χ1n) is 8.81. The molecule has 2 amide bonds. The number of nitrogens with zero attached hydrogens (tertiary/aromatic N) is 1. The molecule has 2 aromatic carbocycles. The van der Waals surface area contributed by atoms with Gasteiger partial charge in [-0.2, -0.15) is 0 Å². The average Bonchev–Trinajstić information content (AvgIpc) is 2.64. The summed E-state index contributed by atoms with van der Waals surface area (Å²) in [5.74, 6) is -1.68. The van der Waals surface area contributed by atoms with Crippen molar-refractivity contribution in [3.8, 4) is 0 Å². The lowest BCUT2D eigenvalue weighted by molar-refractivity contribution is -0.384. The van der Waals surface area contributed by atoms with Crippen LogP contribution in [0.1, 0.15) is 24.0 Å². The van der Waals surface area contributed by atoms with E-state index in [-0.39, 0.29) is 24.2 Å². The predicted molar refractivity (Wildman–Crippen MR) is 106 cm³/mol. The van der Waals surface area contributed by atoms with Crippen molar-refractivity contribution >= 4 is 34.8 Å². The molecule has 0 spiro atoms. The van der Waals surface area contributed by atoms with Crippen LogP contribution >= 0.6 is 0 Å². The Hall–Kier alpha value is -3.75. The van der Waals surface area contributed by atoms with Crippen LogP contribution in [-0.4, -0.2) is 29.3 Å². The van der Waals surface area contributed by atoms with Crippen molar-refractivity contribution in [3.05, 3.63) is 63.7 Å². The quantitative estimate of drug-likeness (QED) is 0.399. The molecule has 9 heteroatoms. The Morgan fingerprint density at radius 3 is 2.24 bits per heavy atom. The number of nitro groups is 1. The predicted octanol–water partition coefficient (Wildman–Crippen LogP) is 3.11. The summed E-state index contributed by atoms with van der Waals surface area (Å²) in [6.07, 6.45) is -0.405. The molecule has 0 bridgehead atoms. The number of non-ortho nitro benzene ring substituents is 1. The lowest BCUT2D eigenvalue weighted by atomic mass is 10.1. The minimum atomic E-state index is -0.699. The SMILES string of the molecule is Cc1cc(C)cc(NC(=O)COC(=O)CCC(=O)Nc2cccc([N+](=O)[O-])c2)c1. The first kappa shape index (κ1) is 21.5. The molecule has 0 radical (unpaired) electrons. The zero-order chi connectivity index (χ0) is 21.4. The minimum Gasteiger partial charge on any atom is -0.456 e. The van der Waals surface area contributed by atoms with Crippen molar-refractivity contribution in [2.75, 3.05) is 17.2 Å². The molecule has 0 atom stereocenters. The normalized spacial score (nSPS) is 10.1. The highest BCUT2D eigenvalue weighted by Crippen LogP contribution is 2.17. The Balaban J connectivity index is 1.73. The summed E-state index contributed by atoms with van der Waals surface area (Å²) in [5.41, 5.74) is 2.70. The Morgan fingerprint density at radius 2 is 1.59 bits per heavy atom. The summed E-state index contributed by atoms with van der Waals surface area (Å²) in [6, 6.07) is 11.0. The van der Waals surface area contributed by atoms with E-state index in [4.69, 9.17) is 4.74 Å². The molecule has 0 aliphatic rings. The van der Waals surface area contributed by atoms with E-state index >= 15 is 0 Å². The number of carbonyl (C=O) groups excluding carboxylic acids is 3. The van der Waals surface area contributed by atoms with Gasteiger partial charge in [-0.25, -0.2) is 0 Å². The number of rotatable bonds is 8. The van der Waals surface area contributed by atoms with E-state index in [0.717, 1.165) is 11.1 Å². The fraction of sp³-hybridized carbons (Fsp3) is 0.250. The average molecular weight is 399 g/mol. The highest BCUT2D eigenvalue weighted by molar-refractivity contribution is 5.94. The summed E-state index contributed by atoms with van der Waals surface area (Å²) < 4.78 is 4.87. The third-order valence-corrected chi connectivity index (χ3v) is 3.77. The first-order chi connectivity index (χ1) is 13.7. The molecule has 2 aromatic rings. The molecule has 0 saturated carbocycles. The maximum absolute atomic E-state index is 11.9. The van der Waals surface area contributed by atoms with Gasteiger partial charge in [0.1, 0.15) is 0 Å². The van der Waals surface area contributed by atoms with Crippen LogP contribution in [0.4, 0.5) is 17.1 Å². The lowest BCUT2D eigenvalue weighted by Gasteiger charge is -2.08. The van der Waals surface area contributed by atoms with Gasteiger partial charge in [-0.1, -0.05) is 12.1 Å². The molecule has 0 aliphatic carbocycles. The van der Waals surface area contributed by atoms with Crippen molar-refractivity contribution in [2.45, 2.75) is 26.7 Å². The van der Waals surface area contributed by atoms with Gasteiger partial charge in [0, 0.05) is 29.9 Å². The number of hydrogen-bond acceptors (Lipinski definition) is 6. The van der Waals surface area contributed by atoms with Gasteiger partial charge in [0.2, 0.25) is 5.91 Å². The Labute approximate surface area is 167 Å². The molecule has 0 aromatic heterocycles. The van der Waals surface area contributed by atoms with Gasteiger partial charge in [0.15, 0.2) is 6.61 Å². The second kappa shape index (κ2) is 9.98. The van der Waals surface area contributed by atoms with Crippen LogP contribution in [0.5, 0.6) is 0 Å². The molecular weight excluding hydrogens is 378 g/mol. The fourth-order valence-corrected chi connectivity index (χ4v) is 2.60. The molecule has 0 saturated heterocycles. The maximum atomic E-state index is 11.9. The summed E-state index contributed by atoms with van der Waals surface area (Å²) in [4.78, 5) is 45.6. The number of esters is 1. The highest BCUT2D eigenvalue weighted by atomic mass is 16.6. The molecule has 152 valence electrons. The number of hydrogen-bond donors (Lipinski definition) is 2. The number of aryl methyl sites for hydroxylation is 2. The molecule has 2 rings (SSSR count). The van der Waals surface area contributed by atoms with Crippen molar-refractivity contribution < 1.29 is 24.0 Å². The third-order valence-electron chi connectivity index (χ3n) is 3.77. The van der Waals surface area contributed by atoms with E-state index in [1.165, 1.54) is 24.3 Å². The number of carbonyl (C=O) groups is 3. The number of anilines is 2. The van der Waals surface area contributed by atoms with Gasteiger partial charge < -0.3 is 15.4 Å². The highest BCUT2D eigenvalue weighted by Gasteiger charge is 2.12. The van der Waals surface area contributed by atoms with Gasteiger partial charge in [0.05, 0.1) is 11.3 Å². The van der Waals surface area contributed by atoms with Crippen molar-refractivity contribution in [1.29, 1.82) is 0 Å². The van der Waals surface area contributed by atoms with Gasteiger partial charge >= 0.3 is 5.97 Å².